The molecule has 1 saturated carbocycles. The molecule has 0 spiro atoms. The molecular formula is C18H29NO. The largest absolute Gasteiger partial charge is 0.490 e. The fourth-order valence-electron chi connectivity index (χ4n) is 3.31. The normalized spacial score (nSPS) is 28.1. The van der Waals surface area contributed by atoms with E-state index in [0.717, 1.165) is 30.4 Å². The van der Waals surface area contributed by atoms with Gasteiger partial charge in [-0.15, -0.1) is 0 Å². The molecule has 3 unspecified atom stereocenters. The molecular weight excluding hydrogens is 246 g/mol. The Morgan fingerprint density at radius 2 is 1.70 bits per heavy atom. The molecule has 0 bridgehead atoms. The predicted octanol–water partition coefficient (Wildman–Crippen LogP) is 4.17. The smallest absolute Gasteiger partial charge is 0.119 e. The Labute approximate surface area is 123 Å². The first-order chi connectivity index (χ1) is 9.56. The van der Waals surface area contributed by atoms with Crippen molar-refractivity contribution in [2.45, 2.75) is 65.0 Å². The van der Waals surface area contributed by atoms with Crippen molar-refractivity contribution in [1.29, 1.82) is 0 Å². The molecule has 0 heterocycles. The van der Waals surface area contributed by atoms with E-state index in [1.807, 2.05) is 0 Å². The van der Waals surface area contributed by atoms with Crippen molar-refractivity contribution in [3.05, 3.63) is 29.8 Å². The van der Waals surface area contributed by atoms with Crippen molar-refractivity contribution in [2.75, 3.05) is 0 Å². The van der Waals surface area contributed by atoms with Gasteiger partial charge in [0.05, 0.1) is 6.10 Å². The highest BCUT2D eigenvalue weighted by Crippen LogP contribution is 2.31. The van der Waals surface area contributed by atoms with Crippen molar-refractivity contribution in [3.8, 4) is 5.75 Å². The molecule has 2 N–H and O–H groups in total. The van der Waals surface area contributed by atoms with Gasteiger partial charge in [-0.2, -0.15) is 0 Å². The minimum atomic E-state index is 0.266. The number of ether oxygens (including phenoxy) is 1. The number of hydrogen-bond donors (Lipinski definition) is 1. The first-order valence-corrected chi connectivity index (χ1v) is 8.08. The maximum absolute atomic E-state index is 6.15. The van der Waals surface area contributed by atoms with Crippen molar-refractivity contribution in [3.63, 3.8) is 0 Å². The van der Waals surface area contributed by atoms with Crippen LogP contribution < -0.4 is 10.5 Å². The van der Waals surface area contributed by atoms with Gasteiger partial charge in [-0.1, -0.05) is 32.9 Å². The lowest BCUT2D eigenvalue weighted by molar-refractivity contribution is 0.101. The van der Waals surface area contributed by atoms with Crippen molar-refractivity contribution in [1.82, 2.24) is 0 Å². The Kier molecular flexibility index (Phi) is 5.47. The molecule has 0 aliphatic heterocycles. The van der Waals surface area contributed by atoms with Gasteiger partial charge >= 0.3 is 0 Å². The quantitative estimate of drug-likeness (QED) is 0.875. The van der Waals surface area contributed by atoms with Crippen LogP contribution in [0.15, 0.2) is 24.3 Å². The van der Waals surface area contributed by atoms with Crippen molar-refractivity contribution in [2.24, 2.45) is 17.6 Å². The summed E-state index contributed by atoms with van der Waals surface area (Å²) < 4.78 is 6.15. The molecule has 112 valence electrons. The van der Waals surface area contributed by atoms with E-state index in [1.165, 1.54) is 24.8 Å². The van der Waals surface area contributed by atoms with E-state index in [4.69, 9.17) is 10.5 Å². The Balaban J connectivity index is 1.90. The summed E-state index contributed by atoms with van der Waals surface area (Å²) in [7, 11) is 0. The Morgan fingerprint density at radius 3 is 2.25 bits per heavy atom. The van der Waals surface area contributed by atoms with E-state index in [0.29, 0.717) is 6.10 Å². The van der Waals surface area contributed by atoms with E-state index >= 15 is 0 Å². The van der Waals surface area contributed by atoms with E-state index in [1.54, 1.807) is 0 Å². The molecule has 20 heavy (non-hydrogen) atoms. The third-order valence-corrected chi connectivity index (χ3v) is 4.38. The fourth-order valence-corrected chi connectivity index (χ4v) is 3.31. The Bertz CT molecular complexity index is 390. The third-order valence-electron chi connectivity index (χ3n) is 4.38. The lowest BCUT2D eigenvalue weighted by atomic mass is 9.82. The lowest BCUT2D eigenvalue weighted by Gasteiger charge is -2.31. The molecule has 0 radical (unpaired) electrons. The number of hydrogen-bond acceptors (Lipinski definition) is 2. The Hall–Kier alpha value is -1.02. The Morgan fingerprint density at radius 1 is 1.10 bits per heavy atom. The van der Waals surface area contributed by atoms with E-state index < -0.39 is 0 Å². The second-order valence-electron chi connectivity index (χ2n) is 6.67. The van der Waals surface area contributed by atoms with Gasteiger partial charge in [-0.25, -0.2) is 0 Å². The molecule has 1 aromatic rings. The van der Waals surface area contributed by atoms with Crippen molar-refractivity contribution < 1.29 is 4.74 Å². The van der Waals surface area contributed by atoms with E-state index in [-0.39, 0.29) is 6.04 Å². The molecule has 2 heteroatoms. The minimum Gasteiger partial charge on any atom is -0.490 e. The van der Waals surface area contributed by atoms with Gasteiger partial charge in [0.1, 0.15) is 5.75 Å². The second kappa shape index (κ2) is 7.12. The van der Waals surface area contributed by atoms with Crippen LogP contribution in [0.3, 0.4) is 0 Å². The van der Waals surface area contributed by atoms with Crippen molar-refractivity contribution >= 4 is 0 Å². The van der Waals surface area contributed by atoms with Crippen LogP contribution in [0.25, 0.3) is 0 Å². The number of benzene rings is 1. The standard InChI is InChI=1S/C18H29NO/c1-4-16(19)12-15-5-7-17(8-6-15)20-18-10-13(2)9-14(3)11-18/h5-8,13-14,16,18H,4,9-12,19H2,1-3H3. The van der Waals surface area contributed by atoms with Gasteiger partial charge in [0.2, 0.25) is 0 Å². The summed E-state index contributed by atoms with van der Waals surface area (Å²) in [6.07, 6.45) is 6.08. The maximum atomic E-state index is 6.15. The monoisotopic (exact) mass is 275 g/mol. The topological polar surface area (TPSA) is 35.2 Å². The lowest BCUT2D eigenvalue weighted by Crippen LogP contribution is -2.28. The fraction of sp³-hybridized carbons (Fsp3) is 0.667. The molecule has 0 amide bonds. The highest BCUT2D eigenvalue weighted by molar-refractivity contribution is 5.28. The van der Waals surface area contributed by atoms with Crippen LogP contribution >= 0.6 is 0 Å². The molecule has 1 aliphatic rings. The van der Waals surface area contributed by atoms with E-state index in [9.17, 15) is 0 Å². The van der Waals surface area contributed by atoms with E-state index in [2.05, 4.69) is 45.0 Å². The van der Waals surface area contributed by atoms with Gasteiger partial charge in [-0.05, 0) is 61.6 Å². The average Bonchev–Trinajstić information content (AvgIpc) is 2.39. The van der Waals surface area contributed by atoms with Crippen LogP contribution in [0.2, 0.25) is 0 Å². The summed E-state index contributed by atoms with van der Waals surface area (Å²) in [5.41, 5.74) is 7.29. The maximum Gasteiger partial charge on any atom is 0.119 e. The molecule has 2 nitrogen and oxygen atoms in total. The molecule has 1 fully saturated rings. The molecule has 0 saturated heterocycles. The van der Waals surface area contributed by atoms with Gasteiger partial charge in [0.15, 0.2) is 0 Å². The zero-order valence-electron chi connectivity index (χ0n) is 13.1. The minimum absolute atomic E-state index is 0.266. The van der Waals surface area contributed by atoms with Gasteiger partial charge < -0.3 is 10.5 Å². The van der Waals surface area contributed by atoms with Crippen LogP contribution in [0.4, 0.5) is 0 Å². The van der Waals surface area contributed by atoms with Crippen LogP contribution in [0.1, 0.15) is 52.0 Å². The first kappa shape index (κ1) is 15.4. The molecule has 2 rings (SSSR count). The summed E-state index contributed by atoms with van der Waals surface area (Å²) in [6.45, 7) is 6.80. The highest BCUT2D eigenvalue weighted by Gasteiger charge is 2.25. The van der Waals surface area contributed by atoms with Gasteiger partial charge in [-0.3, -0.25) is 0 Å². The van der Waals surface area contributed by atoms with Crippen LogP contribution in [-0.2, 0) is 6.42 Å². The molecule has 1 aromatic carbocycles. The van der Waals surface area contributed by atoms with Crippen LogP contribution in [-0.4, -0.2) is 12.1 Å². The third kappa shape index (κ3) is 4.52. The molecule has 3 atom stereocenters. The van der Waals surface area contributed by atoms with Crippen LogP contribution in [0.5, 0.6) is 5.75 Å². The zero-order chi connectivity index (χ0) is 14.5. The summed E-state index contributed by atoms with van der Waals surface area (Å²) in [5, 5.41) is 0. The average molecular weight is 275 g/mol. The number of nitrogens with two attached hydrogens (primary N) is 1. The predicted molar refractivity (Wildman–Crippen MR) is 85.0 cm³/mol. The van der Waals surface area contributed by atoms with Gasteiger partial charge in [0.25, 0.3) is 0 Å². The van der Waals surface area contributed by atoms with Gasteiger partial charge in [0, 0.05) is 6.04 Å². The summed E-state index contributed by atoms with van der Waals surface area (Å²) in [4.78, 5) is 0. The highest BCUT2D eigenvalue weighted by atomic mass is 16.5. The van der Waals surface area contributed by atoms with Crippen LogP contribution in [0, 0.1) is 11.8 Å². The number of rotatable bonds is 5. The SMILES string of the molecule is CCC(N)Cc1ccc(OC2CC(C)CC(C)C2)cc1. The summed E-state index contributed by atoms with van der Waals surface area (Å²) >= 11 is 0. The zero-order valence-corrected chi connectivity index (χ0v) is 13.1. The summed E-state index contributed by atoms with van der Waals surface area (Å²) in [6, 6.07) is 8.77. The molecule has 0 aromatic heterocycles. The first-order valence-electron chi connectivity index (χ1n) is 8.08. The second-order valence-corrected chi connectivity index (χ2v) is 6.67. The summed E-state index contributed by atoms with van der Waals surface area (Å²) in [5.74, 6) is 2.57. The molecule has 1 aliphatic carbocycles.